The quantitative estimate of drug-likeness (QED) is 0.593. The SMILES string of the molecule is C[C@@H]1C[C@@H]2OC3(CCCCC3)O[C@@H]2C1. The van der Waals surface area contributed by atoms with Crippen molar-refractivity contribution in [2.45, 2.75) is 69.9 Å². The Labute approximate surface area is 86.0 Å². The van der Waals surface area contributed by atoms with Gasteiger partial charge < -0.3 is 9.47 Å². The van der Waals surface area contributed by atoms with E-state index in [2.05, 4.69) is 6.92 Å². The van der Waals surface area contributed by atoms with Crippen LogP contribution >= 0.6 is 0 Å². The first-order valence-corrected chi connectivity index (χ1v) is 6.13. The molecule has 0 aromatic rings. The molecule has 1 aliphatic heterocycles. The molecule has 1 saturated heterocycles. The highest BCUT2D eigenvalue weighted by Crippen LogP contribution is 2.46. The maximum atomic E-state index is 6.16. The molecule has 2 nitrogen and oxygen atoms in total. The minimum absolute atomic E-state index is 0.145. The van der Waals surface area contributed by atoms with Crippen LogP contribution in [0.5, 0.6) is 0 Å². The van der Waals surface area contributed by atoms with Crippen LogP contribution in [0.1, 0.15) is 51.9 Å². The molecular formula is C12H20O2. The van der Waals surface area contributed by atoms with Crippen LogP contribution in [0, 0.1) is 5.92 Å². The maximum absolute atomic E-state index is 6.16. The molecule has 3 atom stereocenters. The van der Waals surface area contributed by atoms with E-state index in [0.717, 1.165) is 18.8 Å². The first-order valence-electron chi connectivity index (χ1n) is 6.13. The van der Waals surface area contributed by atoms with Crippen molar-refractivity contribution in [3.05, 3.63) is 0 Å². The Bertz CT molecular complexity index is 204. The lowest BCUT2D eigenvalue weighted by Crippen LogP contribution is -2.34. The summed E-state index contributed by atoms with van der Waals surface area (Å²) in [7, 11) is 0. The lowest BCUT2D eigenvalue weighted by molar-refractivity contribution is -0.199. The third kappa shape index (κ3) is 1.40. The van der Waals surface area contributed by atoms with Crippen LogP contribution in [-0.4, -0.2) is 18.0 Å². The third-order valence-electron chi connectivity index (χ3n) is 4.03. The van der Waals surface area contributed by atoms with Gasteiger partial charge in [0.1, 0.15) is 0 Å². The van der Waals surface area contributed by atoms with Gasteiger partial charge >= 0.3 is 0 Å². The van der Waals surface area contributed by atoms with Gasteiger partial charge in [-0.15, -0.1) is 0 Å². The lowest BCUT2D eigenvalue weighted by Gasteiger charge is -2.32. The van der Waals surface area contributed by atoms with Crippen LogP contribution in [0.25, 0.3) is 0 Å². The van der Waals surface area contributed by atoms with E-state index in [0.29, 0.717) is 12.2 Å². The molecule has 2 saturated carbocycles. The van der Waals surface area contributed by atoms with Crippen molar-refractivity contribution in [3.63, 3.8) is 0 Å². The van der Waals surface area contributed by atoms with Gasteiger partial charge in [-0.05, 0) is 31.6 Å². The molecule has 0 amide bonds. The topological polar surface area (TPSA) is 18.5 Å². The Kier molecular flexibility index (Phi) is 2.10. The van der Waals surface area contributed by atoms with Gasteiger partial charge in [-0.3, -0.25) is 0 Å². The molecule has 0 aromatic heterocycles. The lowest BCUT2D eigenvalue weighted by atomic mass is 9.94. The summed E-state index contributed by atoms with van der Waals surface area (Å²) in [6.07, 6.45) is 9.47. The Balaban J connectivity index is 1.70. The second-order valence-electron chi connectivity index (χ2n) is 5.36. The number of fused-ring (bicyclic) bond motifs is 1. The van der Waals surface area contributed by atoms with Crippen LogP contribution in [0.15, 0.2) is 0 Å². The Morgan fingerprint density at radius 2 is 1.50 bits per heavy atom. The molecular weight excluding hydrogens is 176 g/mol. The van der Waals surface area contributed by atoms with Gasteiger partial charge in [-0.2, -0.15) is 0 Å². The summed E-state index contributed by atoms with van der Waals surface area (Å²) in [5.74, 6) is 0.652. The fraction of sp³-hybridized carbons (Fsp3) is 1.00. The number of hydrogen-bond donors (Lipinski definition) is 0. The largest absolute Gasteiger partial charge is 0.344 e. The number of ether oxygens (including phenoxy) is 2. The standard InChI is InChI=1S/C12H20O2/c1-9-7-10-11(8-9)14-12(13-10)5-3-2-4-6-12/h9-11H,2-8H2,1H3/t9-,10+,11-. The second-order valence-corrected chi connectivity index (χ2v) is 5.36. The number of hydrogen-bond acceptors (Lipinski definition) is 2. The number of rotatable bonds is 0. The van der Waals surface area contributed by atoms with Gasteiger partial charge in [0, 0.05) is 12.8 Å². The molecule has 0 radical (unpaired) electrons. The first kappa shape index (κ1) is 9.17. The average molecular weight is 196 g/mol. The molecule has 3 fully saturated rings. The van der Waals surface area contributed by atoms with E-state index in [1.807, 2.05) is 0 Å². The summed E-state index contributed by atoms with van der Waals surface area (Å²) in [5.41, 5.74) is 0. The van der Waals surface area contributed by atoms with Crippen LogP contribution in [0.3, 0.4) is 0 Å². The van der Waals surface area contributed by atoms with E-state index < -0.39 is 0 Å². The van der Waals surface area contributed by atoms with Gasteiger partial charge in [0.15, 0.2) is 5.79 Å². The molecule has 80 valence electrons. The molecule has 2 aliphatic carbocycles. The maximum Gasteiger partial charge on any atom is 0.169 e. The second kappa shape index (κ2) is 3.21. The van der Waals surface area contributed by atoms with Crippen molar-refractivity contribution in [1.82, 2.24) is 0 Å². The average Bonchev–Trinajstić information content (AvgIpc) is 2.60. The molecule has 2 heteroatoms. The molecule has 0 unspecified atom stereocenters. The summed E-state index contributed by atoms with van der Waals surface area (Å²) in [6, 6.07) is 0. The van der Waals surface area contributed by atoms with Gasteiger partial charge in [0.2, 0.25) is 0 Å². The van der Waals surface area contributed by atoms with Crippen molar-refractivity contribution < 1.29 is 9.47 Å². The summed E-state index contributed by atoms with van der Waals surface area (Å²) in [4.78, 5) is 0. The van der Waals surface area contributed by atoms with Gasteiger partial charge in [-0.25, -0.2) is 0 Å². The Morgan fingerprint density at radius 3 is 2.07 bits per heavy atom. The van der Waals surface area contributed by atoms with Crippen molar-refractivity contribution in [2.75, 3.05) is 0 Å². The minimum atomic E-state index is -0.145. The summed E-state index contributed by atoms with van der Waals surface area (Å²) in [6.45, 7) is 2.30. The smallest absolute Gasteiger partial charge is 0.169 e. The highest BCUT2D eigenvalue weighted by Gasteiger charge is 2.50. The van der Waals surface area contributed by atoms with Crippen molar-refractivity contribution in [1.29, 1.82) is 0 Å². The van der Waals surface area contributed by atoms with E-state index in [4.69, 9.17) is 9.47 Å². The molecule has 3 rings (SSSR count). The highest BCUT2D eigenvalue weighted by molar-refractivity contribution is 4.93. The van der Waals surface area contributed by atoms with Crippen LogP contribution < -0.4 is 0 Å². The normalized spacial score (nSPS) is 45.6. The van der Waals surface area contributed by atoms with E-state index in [1.54, 1.807) is 0 Å². The Hall–Kier alpha value is -0.0800. The predicted octanol–water partition coefficient (Wildman–Crippen LogP) is 2.86. The van der Waals surface area contributed by atoms with Crippen LogP contribution in [-0.2, 0) is 9.47 Å². The zero-order valence-electron chi connectivity index (χ0n) is 9.00. The zero-order chi connectivity index (χ0) is 9.60. The Morgan fingerprint density at radius 1 is 0.929 bits per heavy atom. The van der Waals surface area contributed by atoms with E-state index >= 15 is 0 Å². The van der Waals surface area contributed by atoms with Crippen molar-refractivity contribution >= 4 is 0 Å². The van der Waals surface area contributed by atoms with E-state index in [1.165, 1.54) is 32.1 Å². The molecule has 1 heterocycles. The molecule has 1 spiro atoms. The fourth-order valence-corrected chi connectivity index (χ4v) is 3.35. The molecule has 3 aliphatic rings. The predicted molar refractivity (Wildman–Crippen MR) is 54.0 cm³/mol. The van der Waals surface area contributed by atoms with Crippen LogP contribution in [0.2, 0.25) is 0 Å². The highest BCUT2D eigenvalue weighted by atomic mass is 16.8. The van der Waals surface area contributed by atoms with Crippen molar-refractivity contribution in [2.24, 2.45) is 5.92 Å². The molecule has 0 aromatic carbocycles. The van der Waals surface area contributed by atoms with E-state index in [-0.39, 0.29) is 5.79 Å². The van der Waals surface area contributed by atoms with Crippen LogP contribution in [0.4, 0.5) is 0 Å². The van der Waals surface area contributed by atoms with Crippen molar-refractivity contribution in [3.8, 4) is 0 Å². The monoisotopic (exact) mass is 196 g/mol. The minimum Gasteiger partial charge on any atom is -0.344 e. The molecule has 14 heavy (non-hydrogen) atoms. The molecule has 0 N–H and O–H groups in total. The van der Waals surface area contributed by atoms with Gasteiger partial charge in [0.05, 0.1) is 12.2 Å². The molecule has 0 bridgehead atoms. The summed E-state index contributed by atoms with van der Waals surface area (Å²) < 4.78 is 12.3. The zero-order valence-corrected chi connectivity index (χ0v) is 9.00. The summed E-state index contributed by atoms with van der Waals surface area (Å²) in [5, 5.41) is 0. The third-order valence-corrected chi connectivity index (χ3v) is 4.03. The van der Waals surface area contributed by atoms with Gasteiger partial charge in [-0.1, -0.05) is 13.3 Å². The van der Waals surface area contributed by atoms with Gasteiger partial charge in [0.25, 0.3) is 0 Å². The first-order chi connectivity index (χ1) is 6.77. The fourth-order valence-electron chi connectivity index (χ4n) is 3.35. The summed E-state index contributed by atoms with van der Waals surface area (Å²) >= 11 is 0. The van der Waals surface area contributed by atoms with E-state index in [9.17, 15) is 0 Å².